The molecule has 0 radical (unpaired) electrons. The number of fused-ring (bicyclic) bond motifs is 4. The molecule has 156 valence electrons. The SMILES string of the molecule is CC1(C)COC(C)(C)C12N=c1cc(N)c3c(O)c4c(N)ccc(N)c4c(O)c3c1=N2. The second kappa shape index (κ2) is 5.26. The molecule has 8 nitrogen and oxygen atoms in total. The van der Waals surface area contributed by atoms with E-state index in [9.17, 15) is 10.2 Å². The van der Waals surface area contributed by atoms with E-state index in [2.05, 4.69) is 13.8 Å². The molecule has 2 heterocycles. The number of hydrogen-bond donors (Lipinski definition) is 5. The largest absolute Gasteiger partial charge is 0.506 e. The lowest BCUT2D eigenvalue weighted by molar-refractivity contribution is 0.00279. The molecule has 30 heavy (non-hydrogen) atoms. The van der Waals surface area contributed by atoms with Crippen LogP contribution in [0.25, 0.3) is 21.5 Å². The summed E-state index contributed by atoms with van der Waals surface area (Å²) in [7, 11) is 0. The average molecular weight is 407 g/mol. The van der Waals surface area contributed by atoms with Crippen molar-refractivity contribution in [1.29, 1.82) is 0 Å². The summed E-state index contributed by atoms with van der Waals surface area (Å²) in [6, 6.07) is 4.85. The van der Waals surface area contributed by atoms with Crippen molar-refractivity contribution in [2.45, 2.75) is 39.0 Å². The number of ether oxygens (including phenoxy) is 1. The predicted octanol–water partition coefficient (Wildman–Crippen LogP) is 1.93. The first-order chi connectivity index (χ1) is 13.9. The molecule has 2 aliphatic heterocycles. The van der Waals surface area contributed by atoms with Gasteiger partial charge in [0.05, 0.1) is 38.9 Å². The summed E-state index contributed by atoms with van der Waals surface area (Å²) >= 11 is 0. The highest BCUT2D eigenvalue weighted by atomic mass is 16.5. The Morgan fingerprint density at radius 3 is 1.90 bits per heavy atom. The van der Waals surface area contributed by atoms with E-state index >= 15 is 0 Å². The smallest absolute Gasteiger partial charge is 0.186 e. The minimum Gasteiger partial charge on any atom is -0.506 e. The number of aromatic hydroxyl groups is 2. The van der Waals surface area contributed by atoms with E-state index in [-0.39, 0.29) is 33.3 Å². The second-order valence-electron chi connectivity index (χ2n) is 9.35. The van der Waals surface area contributed by atoms with Gasteiger partial charge < -0.3 is 32.2 Å². The highest BCUT2D eigenvalue weighted by molar-refractivity contribution is 6.20. The number of nitrogens with zero attached hydrogens (tertiary/aromatic N) is 2. The zero-order chi connectivity index (χ0) is 21.8. The van der Waals surface area contributed by atoms with Crippen molar-refractivity contribution in [2.75, 3.05) is 23.8 Å². The fourth-order valence-electron chi connectivity index (χ4n) is 5.07. The quantitative estimate of drug-likeness (QED) is 0.218. The zero-order valence-electron chi connectivity index (χ0n) is 17.4. The van der Waals surface area contributed by atoms with Gasteiger partial charge in [-0.15, -0.1) is 0 Å². The minimum atomic E-state index is -0.901. The number of rotatable bonds is 0. The second-order valence-corrected chi connectivity index (χ2v) is 9.35. The Labute approximate surface area is 172 Å². The number of benzene rings is 3. The van der Waals surface area contributed by atoms with Crippen LogP contribution in [0.4, 0.5) is 17.1 Å². The standard InChI is InChI=1S/C22H25N5O3/c1-20(2)8-30-21(3,4)22(20)26-12-7-11(25)15-16(17(12)27-22)19(29)14-10(24)6-5-9(23)13(14)18(15)28/h5-7,28-29H,8,23-25H2,1-4H3. The van der Waals surface area contributed by atoms with Crippen LogP contribution in [0.2, 0.25) is 0 Å². The van der Waals surface area contributed by atoms with Crippen LogP contribution in [0.1, 0.15) is 27.7 Å². The topological polar surface area (TPSA) is 152 Å². The number of anilines is 3. The molecule has 8 heteroatoms. The summed E-state index contributed by atoms with van der Waals surface area (Å²) in [6.07, 6.45) is 0. The summed E-state index contributed by atoms with van der Waals surface area (Å²) in [4.78, 5) is 10.00. The first kappa shape index (κ1) is 18.7. The first-order valence-electron chi connectivity index (χ1n) is 9.79. The maximum Gasteiger partial charge on any atom is 0.186 e. The van der Waals surface area contributed by atoms with Gasteiger partial charge in [-0.1, -0.05) is 13.8 Å². The van der Waals surface area contributed by atoms with Gasteiger partial charge in [0.25, 0.3) is 0 Å². The fourth-order valence-corrected chi connectivity index (χ4v) is 5.07. The molecule has 0 amide bonds. The number of nitrogens with two attached hydrogens (primary N) is 3. The molecular formula is C22H25N5O3. The molecule has 5 rings (SSSR count). The van der Waals surface area contributed by atoms with Crippen molar-refractivity contribution < 1.29 is 14.9 Å². The third kappa shape index (κ3) is 1.94. The van der Waals surface area contributed by atoms with E-state index in [0.29, 0.717) is 34.1 Å². The fraction of sp³-hybridized carbons (Fsp3) is 0.364. The van der Waals surface area contributed by atoms with Crippen molar-refractivity contribution >= 4 is 38.6 Å². The van der Waals surface area contributed by atoms with E-state index in [1.54, 1.807) is 18.2 Å². The van der Waals surface area contributed by atoms with Crippen molar-refractivity contribution in [1.82, 2.24) is 0 Å². The Morgan fingerprint density at radius 2 is 1.37 bits per heavy atom. The van der Waals surface area contributed by atoms with E-state index in [1.807, 2.05) is 13.8 Å². The number of nitrogen functional groups attached to an aromatic ring is 3. The number of phenols is 2. The van der Waals surface area contributed by atoms with Gasteiger partial charge in [-0.25, -0.2) is 9.98 Å². The molecule has 0 aliphatic carbocycles. The van der Waals surface area contributed by atoms with Crippen LogP contribution in [-0.2, 0) is 4.74 Å². The third-order valence-corrected chi connectivity index (χ3v) is 6.66. The lowest BCUT2D eigenvalue weighted by atomic mass is 9.74. The predicted molar refractivity (Wildman–Crippen MR) is 117 cm³/mol. The highest BCUT2D eigenvalue weighted by Crippen LogP contribution is 2.53. The molecule has 0 aromatic heterocycles. The minimum absolute atomic E-state index is 0.128. The Kier molecular flexibility index (Phi) is 3.29. The Balaban J connectivity index is 2.05. The molecule has 2 aliphatic rings. The Bertz CT molecular complexity index is 1390. The van der Waals surface area contributed by atoms with Gasteiger partial charge in [-0.3, -0.25) is 0 Å². The summed E-state index contributed by atoms with van der Waals surface area (Å²) in [5.74, 6) is -0.267. The third-order valence-electron chi connectivity index (χ3n) is 6.66. The molecule has 1 saturated heterocycles. The van der Waals surface area contributed by atoms with Gasteiger partial charge in [0.2, 0.25) is 0 Å². The van der Waals surface area contributed by atoms with Crippen LogP contribution in [0, 0.1) is 5.41 Å². The lowest BCUT2D eigenvalue weighted by Crippen LogP contribution is -2.50. The van der Waals surface area contributed by atoms with Crippen LogP contribution < -0.4 is 27.9 Å². The maximum atomic E-state index is 11.3. The van der Waals surface area contributed by atoms with Crippen LogP contribution in [0.3, 0.4) is 0 Å². The molecule has 8 N–H and O–H groups in total. The Hall–Kier alpha value is -3.26. The normalized spacial score (nSPS) is 23.6. The lowest BCUT2D eigenvalue weighted by Gasteiger charge is -2.38. The molecule has 0 bridgehead atoms. The molecule has 3 aromatic rings. The van der Waals surface area contributed by atoms with Crippen LogP contribution in [0.5, 0.6) is 11.5 Å². The van der Waals surface area contributed by atoms with Gasteiger partial charge in [0, 0.05) is 22.5 Å². The molecule has 1 unspecified atom stereocenters. The van der Waals surface area contributed by atoms with Crippen molar-refractivity contribution in [2.24, 2.45) is 15.4 Å². The van der Waals surface area contributed by atoms with Gasteiger partial charge in [0.15, 0.2) is 5.66 Å². The average Bonchev–Trinajstić information content (AvgIpc) is 3.13. The molecule has 1 fully saturated rings. The highest BCUT2D eigenvalue weighted by Gasteiger charge is 2.63. The number of phenolic OH excluding ortho intramolecular Hbond substituents is 2. The van der Waals surface area contributed by atoms with Crippen molar-refractivity contribution in [3.8, 4) is 11.5 Å². The van der Waals surface area contributed by atoms with Crippen molar-refractivity contribution in [3.05, 3.63) is 28.9 Å². The first-order valence-corrected chi connectivity index (χ1v) is 9.79. The van der Waals surface area contributed by atoms with E-state index in [4.69, 9.17) is 31.9 Å². The summed E-state index contributed by atoms with van der Waals surface area (Å²) in [5, 5.41) is 24.5. The Morgan fingerprint density at radius 1 is 0.833 bits per heavy atom. The van der Waals surface area contributed by atoms with Crippen LogP contribution in [-0.4, -0.2) is 28.1 Å². The monoisotopic (exact) mass is 407 g/mol. The zero-order valence-corrected chi connectivity index (χ0v) is 17.4. The van der Waals surface area contributed by atoms with Crippen LogP contribution >= 0.6 is 0 Å². The van der Waals surface area contributed by atoms with E-state index < -0.39 is 16.7 Å². The molecule has 3 aromatic carbocycles. The van der Waals surface area contributed by atoms with Gasteiger partial charge in [-0.2, -0.15) is 0 Å². The van der Waals surface area contributed by atoms with E-state index in [1.165, 1.54) is 0 Å². The molecular weight excluding hydrogens is 382 g/mol. The van der Waals surface area contributed by atoms with E-state index in [0.717, 1.165) is 0 Å². The molecule has 1 spiro atoms. The van der Waals surface area contributed by atoms with Crippen LogP contribution in [0.15, 0.2) is 28.2 Å². The maximum absolute atomic E-state index is 11.3. The van der Waals surface area contributed by atoms with Gasteiger partial charge >= 0.3 is 0 Å². The summed E-state index contributed by atoms with van der Waals surface area (Å²) in [6.45, 7) is 8.50. The molecule has 1 atom stereocenters. The summed E-state index contributed by atoms with van der Waals surface area (Å²) < 4.78 is 6.06. The molecule has 0 saturated carbocycles. The summed E-state index contributed by atoms with van der Waals surface area (Å²) in [5.41, 5.74) is 17.4. The van der Waals surface area contributed by atoms with Gasteiger partial charge in [-0.05, 0) is 32.0 Å². The van der Waals surface area contributed by atoms with Gasteiger partial charge in [0.1, 0.15) is 17.1 Å². The van der Waals surface area contributed by atoms with Crippen molar-refractivity contribution in [3.63, 3.8) is 0 Å². The number of hydrogen-bond acceptors (Lipinski definition) is 8.